The maximum Gasteiger partial charge on any atom is 0.144 e. The van der Waals surface area contributed by atoms with Crippen LogP contribution in [0, 0.1) is 6.92 Å². The van der Waals surface area contributed by atoms with Crippen LogP contribution >= 0.6 is 15.9 Å². The summed E-state index contributed by atoms with van der Waals surface area (Å²) in [6.45, 7) is 4.79. The fraction of sp³-hybridized carbons (Fsp3) is 0.250. The summed E-state index contributed by atoms with van der Waals surface area (Å²) in [6.07, 6.45) is 0.959. The minimum absolute atomic E-state index is 0.634. The van der Waals surface area contributed by atoms with Gasteiger partial charge in [-0.2, -0.15) is 0 Å². The number of ether oxygens (including phenoxy) is 1. The smallest absolute Gasteiger partial charge is 0.144 e. The molecule has 3 N–H and O–H groups in total. The molecule has 4 heteroatoms. The molecule has 2 aromatic rings. The number of benzene rings is 2. The molecule has 0 aliphatic carbocycles. The molecule has 20 heavy (non-hydrogen) atoms. The summed E-state index contributed by atoms with van der Waals surface area (Å²) in [5, 5.41) is 3.35. The lowest BCUT2D eigenvalue weighted by atomic mass is 10.2. The van der Waals surface area contributed by atoms with Crippen molar-refractivity contribution < 1.29 is 4.74 Å². The molecular formula is C16H19BrN2O. The Balaban J connectivity index is 2.27. The molecule has 0 spiro atoms. The van der Waals surface area contributed by atoms with Gasteiger partial charge in [0.05, 0.1) is 23.7 Å². The molecule has 0 atom stereocenters. The van der Waals surface area contributed by atoms with Gasteiger partial charge in [0.25, 0.3) is 0 Å². The minimum atomic E-state index is 0.634. The van der Waals surface area contributed by atoms with Crippen LogP contribution in [0.15, 0.2) is 40.9 Å². The number of para-hydroxylation sites is 1. The highest BCUT2D eigenvalue weighted by Gasteiger charge is 2.08. The first kappa shape index (κ1) is 14.7. The number of nitrogen functional groups attached to an aromatic ring is 1. The molecule has 0 heterocycles. The van der Waals surface area contributed by atoms with E-state index in [1.165, 1.54) is 5.56 Å². The summed E-state index contributed by atoms with van der Waals surface area (Å²) in [5.74, 6) is 0.723. The Hall–Kier alpha value is -1.68. The lowest BCUT2D eigenvalue weighted by Gasteiger charge is -2.15. The zero-order valence-electron chi connectivity index (χ0n) is 11.7. The average molecular weight is 335 g/mol. The summed E-state index contributed by atoms with van der Waals surface area (Å²) >= 11 is 3.59. The second-order valence-electron chi connectivity index (χ2n) is 4.63. The zero-order chi connectivity index (χ0) is 14.5. The first-order valence-corrected chi connectivity index (χ1v) is 7.46. The van der Waals surface area contributed by atoms with Gasteiger partial charge in [0.1, 0.15) is 5.75 Å². The second-order valence-corrected chi connectivity index (χ2v) is 5.42. The summed E-state index contributed by atoms with van der Waals surface area (Å²) in [4.78, 5) is 0. The Bertz CT molecular complexity index is 599. The van der Waals surface area contributed by atoms with Gasteiger partial charge in [-0.25, -0.2) is 0 Å². The van der Waals surface area contributed by atoms with Gasteiger partial charge in [-0.15, -0.1) is 0 Å². The van der Waals surface area contributed by atoms with E-state index in [0.717, 1.165) is 28.0 Å². The minimum Gasteiger partial charge on any atom is -0.491 e. The molecule has 106 valence electrons. The van der Waals surface area contributed by atoms with Crippen LogP contribution in [0.1, 0.15) is 18.9 Å². The summed E-state index contributed by atoms with van der Waals surface area (Å²) < 4.78 is 6.68. The molecule has 0 fully saturated rings. The summed E-state index contributed by atoms with van der Waals surface area (Å²) in [7, 11) is 0. The number of hydrogen-bond donors (Lipinski definition) is 2. The molecule has 0 saturated heterocycles. The maximum atomic E-state index is 6.16. The lowest BCUT2D eigenvalue weighted by Crippen LogP contribution is -2.02. The van der Waals surface area contributed by atoms with Crippen molar-refractivity contribution in [2.45, 2.75) is 20.3 Å². The third kappa shape index (κ3) is 3.25. The molecule has 2 aromatic carbocycles. The number of nitrogens with two attached hydrogens (primary N) is 1. The Labute approximate surface area is 128 Å². The second kappa shape index (κ2) is 6.66. The van der Waals surface area contributed by atoms with E-state index >= 15 is 0 Å². The topological polar surface area (TPSA) is 47.3 Å². The van der Waals surface area contributed by atoms with E-state index in [-0.39, 0.29) is 0 Å². The van der Waals surface area contributed by atoms with E-state index in [4.69, 9.17) is 10.5 Å². The average Bonchev–Trinajstić information content (AvgIpc) is 2.44. The van der Waals surface area contributed by atoms with Gasteiger partial charge < -0.3 is 15.8 Å². The van der Waals surface area contributed by atoms with Crippen LogP contribution in [0.25, 0.3) is 0 Å². The van der Waals surface area contributed by atoms with Crippen LogP contribution in [0.5, 0.6) is 5.75 Å². The SMILES string of the molecule is CCCOc1cccc(Nc2cccc(C)c2Br)c1N. The molecule has 3 nitrogen and oxygen atoms in total. The van der Waals surface area contributed by atoms with Crippen LogP contribution in [-0.4, -0.2) is 6.61 Å². The Morgan fingerprint density at radius 3 is 2.60 bits per heavy atom. The highest BCUT2D eigenvalue weighted by molar-refractivity contribution is 9.10. The molecule has 0 aliphatic heterocycles. The molecule has 0 bridgehead atoms. The number of nitrogens with one attached hydrogen (secondary N) is 1. The number of halogens is 1. The molecule has 0 aromatic heterocycles. The largest absolute Gasteiger partial charge is 0.491 e. The molecule has 2 rings (SSSR count). The van der Waals surface area contributed by atoms with Crippen molar-refractivity contribution in [3.05, 3.63) is 46.4 Å². The fourth-order valence-electron chi connectivity index (χ4n) is 1.88. The number of aryl methyl sites for hydroxylation is 1. The highest BCUT2D eigenvalue weighted by Crippen LogP contribution is 2.34. The van der Waals surface area contributed by atoms with Crippen molar-refractivity contribution in [3.63, 3.8) is 0 Å². The summed E-state index contributed by atoms with van der Waals surface area (Å²) in [5.41, 5.74) is 9.81. The first-order chi connectivity index (χ1) is 9.63. The van der Waals surface area contributed by atoms with Gasteiger partial charge in [0, 0.05) is 4.47 Å². The van der Waals surface area contributed by atoms with Crippen LogP contribution in [-0.2, 0) is 0 Å². The molecular weight excluding hydrogens is 316 g/mol. The van der Waals surface area contributed by atoms with Crippen LogP contribution in [0.2, 0.25) is 0 Å². The van der Waals surface area contributed by atoms with E-state index < -0.39 is 0 Å². The number of anilines is 3. The molecule has 0 aliphatic rings. The molecule has 0 unspecified atom stereocenters. The zero-order valence-corrected chi connectivity index (χ0v) is 13.3. The first-order valence-electron chi connectivity index (χ1n) is 6.67. The van der Waals surface area contributed by atoms with Crippen LogP contribution in [0.4, 0.5) is 17.1 Å². The predicted octanol–water partition coefficient (Wildman–Crippen LogP) is 4.87. The Morgan fingerprint density at radius 2 is 1.85 bits per heavy atom. The van der Waals surface area contributed by atoms with Crippen LogP contribution < -0.4 is 15.8 Å². The van der Waals surface area contributed by atoms with Gasteiger partial charge in [-0.1, -0.05) is 25.1 Å². The van der Waals surface area contributed by atoms with Crippen molar-refractivity contribution in [2.24, 2.45) is 0 Å². The number of rotatable bonds is 5. The van der Waals surface area contributed by atoms with Crippen molar-refractivity contribution in [1.82, 2.24) is 0 Å². The van der Waals surface area contributed by atoms with Gasteiger partial charge in [-0.05, 0) is 53.0 Å². The Morgan fingerprint density at radius 1 is 1.15 bits per heavy atom. The van der Waals surface area contributed by atoms with E-state index in [2.05, 4.69) is 41.2 Å². The summed E-state index contributed by atoms with van der Waals surface area (Å²) in [6, 6.07) is 11.9. The maximum absolute atomic E-state index is 6.16. The molecule has 0 saturated carbocycles. The quantitative estimate of drug-likeness (QED) is 0.766. The standard InChI is InChI=1S/C16H19BrN2O/c1-3-10-20-14-9-5-8-13(16(14)18)19-12-7-4-6-11(2)15(12)17/h4-9,19H,3,10,18H2,1-2H3. The van der Waals surface area contributed by atoms with Crippen LogP contribution in [0.3, 0.4) is 0 Å². The van der Waals surface area contributed by atoms with E-state index in [0.29, 0.717) is 12.3 Å². The van der Waals surface area contributed by atoms with Gasteiger partial charge in [-0.3, -0.25) is 0 Å². The monoisotopic (exact) mass is 334 g/mol. The van der Waals surface area contributed by atoms with Crippen molar-refractivity contribution in [3.8, 4) is 5.75 Å². The normalized spacial score (nSPS) is 10.3. The van der Waals surface area contributed by atoms with Gasteiger partial charge in [0.2, 0.25) is 0 Å². The molecule has 0 amide bonds. The molecule has 0 radical (unpaired) electrons. The third-order valence-corrected chi connectivity index (χ3v) is 4.04. The van der Waals surface area contributed by atoms with Crippen molar-refractivity contribution >= 4 is 33.0 Å². The van der Waals surface area contributed by atoms with E-state index in [1.54, 1.807) is 0 Å². The fourth-order valence-corrected chi connectivity index (χ4v) is 2.24. The highest BCUT2D eigenvalue weighted by atomic mass is 79.9. The Kier molecular flexibility index (Phi) is 4.90. The lowest BCUT2D eigenvalue weighted by molar-refractivity contribution is 0.319. The predicted molar refractivity (Wildman–Crippen MR) is 88.8 cm³/mol. The van der Waals surface area contributed by atoms with Gasteiger partial charge in [0.15, 0.2) is 0 Å². The number of hydrogen-bond acceptors (Lipinski definition) is 3. The van der Waals surface area contributed by atoms with E-state index in [9.17, 15) is 0 Å². The van der Waals surface area contributed by atoms with Crippen molar-refractivity contribution in [2.75, 3.05) is 17.7 Å². The third-order valence-electron chi connectivity index (χ3n) is 2.99. The van der Waals surface area contributed by atoms with E-state index in [1.807, 2.05) is 30.3 Å². The van der Waals surface area contributed by atoms with Crippen molar-refractivity contribution in [1.29, 1.82) is 0 Å². The van der Waals surface area contributed by atoms with Gasteiger partial charge >= 0.3 is 0 Å².